The first-order valence-corrected chi connectivity index (χ1v) is 10.8. The highest BCUT2D eigenvalue weighted by atomic mass is 32.2. The van der Waals surface area contributed by atoms with E-state index < -0.39 is 46.5 Å². The maximum atomic E-state index is 13.3. The van der Waals surface area contributed by atoms with E-state index in [2.05, 4.69) is 10.6 Å². The van der Waals surface area contributed by atoms with Crippen LogP contribution in [-0.4, -0.2) is 62.5 Å². The number of hydrogen-bond donors (Lipinski definition) is 4. The minimum absolute atomic E-state index is 0.167. The molecule has 30 heavy (non-hydrogen) atoms. The van der Waals surface area contributed by atoms with Crippen LogP contribution >= 0.6 is 11.8 Å². The van der Waals surface area contributed by atoms with Gasteiger partial charge in [-0.05, 0) is 46.1 Å². The van der Waals surface area contributed by atoms with Crippen molar-refractivity contribution in [3.05, 3.63) is 35.9 Å². The predicted octanol–water partition coefficient (Wildman–Crippen LogP) is 1.88. The number of carbonyl (C=O) groups is 3. The Kier molecular flexibility index (Phi) is 8.04. The van der Waals surface area contributed by atoms with Gasteiger partial charge in [-0.2, -0.15) is 0 Å². The second-order valence-corrected chi connectivity index (χ2v) is 9.54. The normalized spacial score (nSPS) is 23.7. The van der Waals surface area contributed by atoms with E-state index in [0.717, 1.165) is 17.3 Å². The van der Waals surface area contributed by atoms with Crippen LogP contribution in [0.15, 0.2) is 30.3 Å². The maximum absolute atomic E-state index is 13.3. The fourth-order valence-corrected chi connectivity index (χ4v) is 4.71. The Morgan fingerprint density at radius 2 is 1.90 bits per heavy atom. The largest absolute Gasteiger partial charge is 0.480 e. The van der Waals surface area contributed by atoms with Gasteiger partial charge in [0.2, 0.25) is 10.8 Å². The monoisotopic (exact) mass is 438 g/mol. The van der Waals surface area contributed by atoms with Crippen LogP contribution in [0.3, 0.4) is 0 Å². The topological polar surface area (TPSA) is 125 Å². The lowest BCUT2D eigenvalue weighted by Crippen LogP contribution is -2.61. The van der Waals surface area contributed by atoms with Gasteiger partial charge in [0, 0.05) is 5.75 Å². The number of aryl methyl sites for hydroxylation is 1. The molecule has 9 heteroatoms. The quantitative estimate of drug-likeness (QED) is 0.433. The summed E-state index contributed by atoms with van der Waals surface area (Å²) in [6.07, 6.45) is 0.853. The van der Waals surface area contributed by atoms with Crippen LogP contribution in [0.5, 0.6) is 0 Å². The lowest BCUT2D eigenvalue weighted by Gasteiger charge is -2.36. The Balaban J connectivity index is 2.12. The summed E-state index contributed by atoms with van der Waals surface area (Å²) in [4.78, 5) is 36.4. The molecule has 1 aliphatic rings. The average Bonchev–Trinajstić information content (AvgIpc) is 3.08. The number of Topliss-reactive ketones (excluding diaryl/α,β-unsaturated/α-hetero) is 1. The van der Waals surface area contributed by atoms with E-state index in [-0.39, 0.29) is 5.75 Å². The first kappa shape index (κ1) is 24.3. The molecule has 0 spiro atoms. The van der Waals surface area contributed by atoms with Gasteiger partial charge in [0.1, 0.15) is 12.1 Å². The second-order valence-electron chi connectivity index (χ2n) is 8.34. The molecule has 1 saturated heterocycles. The van der Waals surface area contributed by atoms with Crippen molar-refractivity contribution in [1.82, 2.24) is 10.6 Å². The highest BCUT2D eigenvalue weighted by molar-refractivity contribution is 8.01. The smallest absolute Gasteiger partial charge is 0.321 e. The number of nitrogens with one attached hydrogen (secondary N) is 2. The van der Waals surface area contributed by atoms with Crippen LogP contribution in [0.2, 0.25) is 0 Å². The summed E-state index contributed by atoms with van der Waals surface area (Å²) in [5, 5.41) is 23.1. The minimum atomic E-state index is -1.56. The average molecular weight is 439 g/mol. The van der Waals surface area contributed by atoms with Crippen LogP contribution in [0.1, 0.15) is 39.7 Å². The van der Waals surface area contributed by atoms with Crippen molar-refractivity contribution in [2.24, 2.45) is 0 Å². The van der Waals surface area contributed by atoms with Crippen LogP contribution in [-0.2, 0) is 25.5 Å². The SMILES string of the molecule is C[C@H](NC(CCc1ccccc1)C(=O)O)C(=O)C1(OC(C)(C)C)NC(C(=O)O)CS1. The van der Waals surface area contributed by atoms with Gasteiger partial charge in [0.25, 0.3) is 0 Å². The van der Waals surface area contributed by atoms with E-state index in [9.17, 15) is 24.6 Å². The molecule has 1 aromatic rings. The molecule has 3 unspecified atom stereocenters. The van der Waals surface area contributed by atoms with E-state index in [0.29, 0.717) is 12.8 Å². The highest BCUT2D eigenvalue weighted by Crippen LogP contribution is 2.37. The molecule has 1 heterocycles. The van der Waals surface area contributed by atoms with Crippen LogP contribution in [0, 0.1) is 0 Å². The lowest BCUT2D eigenvalue weighted by atomic mass is 10.0. The first-order valence-electron chi connectivity index (χ1n) is 9.85. The molecule has 0 radical (unpaired) electrons. The Morgan fingerprint density at radius 3 is 2.40 bits per heavy atom. The Morgan fingerprint density at radius 1 is 1.27 bits per heavy atom. The van der Waals surface area contributed by atoms with Crippen molar-refractivity contribution in [1.29, 1.82) is 0 Å². The number of carbonyl (C=O) groups excluding carboxylic acids is 1. The molecule has 0 aliphatic carbocycles. The number of benzene rings is 1. The van der Waals surface area contributed by atoms with Crippen molar-refractivity contribution >= 4 is 29.5 Å². The number of carboxylic acids is 2. The molecule has 0 bridgehead atoms. The highest BCUT2D eigenvalue weighted by Gasteiger charge is 2.52. The number of ether oxygens (including phenoxy) is 1. The third-order valence-electron chi connectivity index (χ3n) is 4.60. The van der Waals surface area contributed by atoms with Crippen molar-refractivity contribution in [3.8, 4) is 0 Å². The van der Waals surface area contributed by atoms with Crippen molar-refractivity contribution < 1.29 is 29.3 Å². The fraction of sp³-hybridized carbons (Fsp3) is 0.571. The maximum Gasteiger partial charge on any atom is 0.321 e. The molecule has 8 nitrogen and oxygen atoms in total. The molecular formula is C21H30N2O6S. The number of thioether (sulfide) groups is 1. The Labute approximate surface area is 180 Å². The zero-order chi connectivity index (χ0) is 22.5. The number of rotatable bonds is 10. The van der Waals surface area contributed by atoms with Gasteiger partial charge in [-0.3, -0.25) is 25.0 Å². The van der Waals surface area contributed by atoms with Crippen LogP contribution in [0.25, 0.3) is 0 Å². The summed E-state index contributed by atoms with van der Waals surface area (Å²) in [5.41, 5.74) is 0.289. The molecule has 4 atom stereocenters. The Hall–Kier alpha value is -1.94. The summed E-state index contributed by atoms with van der Waals surface area (Å²) in [6, 6.07) is 6.79. The van der Waals surface area contributed by atoms with Crippen molar-refractivity contribution in [2.75, 3.05) is 5.75 Å². The number of ketones is 1. The molecule has 4 N–H and O–H groups in total. The summed E-state index contributed by atoms with van der Waals surface area (Å²) in [6.45, 7) is 6.90. The number of carboxylic acid groups (broad SMARTS) is 2. The number of hydrogen-bond acceptors (Lipinski definition) is 7. The van der Waals surface area contributed by atoms with Crippen LogP contribution < -0.4 is 10.6 Å². The molecule has 2 rings (SSSR count). The predicted molar refractivity (Wildman–Crippen MR) is 114 cm³/mol. The summed E-state index contributed by atoms with van der Waals surface area (Å²) < 4.78 is 5.97. The van der Waals surface area contributed by atoms with Gasteiger partial charge >= 0.3 is 11.9 Å². The third kappa shape index (κ3) is 6.53. The van der Waals surface area contributed by atoms with E-state index >= 15 is 0 Å². The van der Waals surface area contributed by atoms with Gasteiger partial charge in [-0.15, -0.1) is 11.8 Å². The summed E-state index contributed by atoms with van der Waals surface area (Å²) in [7, 11) is 0. The molecular weight excluding hydrogens is 408 g/mol. The van der Waals surface area contributed by atoms with E-state index in [1.165, 1.54) is 0 Å². The zero-order valence-corrected chi connectivity index (χ0v) is 18.5. The number of aliphatic carboxylic acids is 2. The molecule has 1 aromatic carbocycles. The van der Waals surface area contributed by atoms with Crippen molar-refractivity contribution in [3.63, 3.8) is 0 Å². The molecule has 0 amide bonds. The lowest BCUT2D eigenvalue weighted by molar-refractivity contribution is -0.156. The fourth-order valence-electron chi connectivity index (χ4n) is 3.23. The van der Waals surface area contributed by atoms with E-state index in [1.54, 1.807) is 27.7 Å². The second kappa shape index (κ2) is 9.91. The van der Waals surface area contributed by atoms with Crippen molar-refractivity contribution in [2.45, 2.75) is 69.3 Å². The third-order valence-corrected chi connectivity index (χ3v) is 5.91. The Bertz CT molecular complexity index is 767. The molecule has 0 saturated carbocycles. The van der Waals surface area contributed by atoms with Gasteiger partial charge in [-0.1, -0.05) is 30.3 Å². The van der Waals surface area contributed by atoms with Gasteiger partial charge in [0.05, 0.1) is 11.6 Å². The zero-order valence-electron chi connectivity index (χ0n) is 17.7. The molecule has 166 valence electrons. The minimum Gasteiger partial charge on any atom is -0.480 e. The van der Waals surface area contributed by atoms with Crippen LogP contribution in [0.4, 0.5) is 0 Å². The van der Waals surface area contributed by atoms with Gasteiger partial charge in [-0.25, -0.2) is 0 Å². The summed E-state index contributed by atoms with van der Waals surface area (Å²) >= 11 is 1.08. The molecule has 1 aliphatic heterocycles. The standard InChI is InChI=1S/C21H30N2O6S/c1-13(22-15(18(25)26)11-10-14-8-6-5-7-9-14)17(24)21(29-20(2,3)4)23-16(12-30-21)19(27)28/h5-9,13,15-16,22-23H,10-12H2,1-4H3,(H,25,26)(H,27,28)/t13-,15?,16?,21?/m0/s1. The summed E-state index contributed by atoms with van der Waals surface area (Å²) in [5.74, 6) is -2.38. The molecule has 0 aromatic heterocycles. The van der Waals surface area contributed by atoms with Gasteiger partial charge < -0.3 is 14.9 Å². The first-order chi connectivity index (χ1) is 13.9. The van der Waals surface area contributed by atoms with Gasteiger partial charge in [0.15, 0.2) is 0 Å². The van der Waals surface area contributed by atoms with E-state index in [1.807, 2.05) is 30.3 Å². The van der Waals surface area contributed by atoms with E-state index in [4.69, 9.17) is 4.74 Å². The molecule has 1 fully saturated rings.